The van der Waals surface area contributed by atoms with Crippen molar-refractivity contribution in [3.05, 3.63) is 0 Å². The number of nitrogens with zero attached hydrogens (tertiary/aromatic N) is 1. The van der Waals surface area contributed by atoms with E-state index in [0.717, 1.165) is 32.1 Å². The van der Waals surface area contributed by atoms with Crippen LogP contribution in [0.2, 0.25) is 0 Å². The van der Waals surface area contributed by atoms with E-state index < -0.39 is 15.8 Å². The lowest BCUT2D eigenvalue weighted by atomic mass is 9.88. The first-order valence-corrected chi connectivity index (χ1v) is 9.94. The molecule has 1 saturated carbocycles. The van der Waals surface area contributed by atoms with Gasteiger partial charge in [-0.2, -0.15) is 0 Å². The van der Waals surface area contributed by atoms with Crippen LogP contribution in [-0.4, -0.2) is 56.8 Å². The van der Waals surface area contributed by atoms with Crippen LogP contribution in [-0.2, 0) is 19.6 Å². The molecular weight excluding hydrogens is 304 g/mol. The first-order valence-electron chi connectivity index (χ1n) is 8.29. The van der Waals surface area contributed by atoms with Crippen molar-refractivity contribution in [2.75, 3.05) is 25.4 Å². The van der Waals surface area contributed by atoms with Crippen molar-refractivity contribution in [2.24, 2.45) is 5.92 Å². The van der Waals surface area contributed by atoms with E-state index in [9.17, 15) is 13.2 Å². The zero-order valence-corrected chi connectivity index (χ0v) is 14.4. The molecule has 0 spiro atoms. The normalized spacial score (nSPS) is 30.3. The molecule has 0 aromatic carbocycles. The minimum absolute atomic E-state index is 0.0120. The monoisotopic (exact) mass is 332 g/mol. The Kier molecular flexibility index (Phi) is 6.23. The summed E-state index contributed by atoms with van der Waals surface area (Å²) in [5.41, 5.74) is 0. The summed E-state index contributed by atoms with van der Waals surface area (Å²) < 4.78 is 32.6. The Bertz CT molecular complexity index is 472. The minimum atomic E-state index is -3.55. The molecule has 0 bridgehead atoms. The molecule has 0 radical (unpaired) electrons. The summed E-state index contributed by atoms with van der Waals surface area (Å²) >= 11 is 0. The molecule has 1 aliphatic heterocycles. The van der Waals surface area contributed by atoms with Gasteiger partial charge in [-0.25, -0.2) is 13.1 Å². The Balaban J connectivity index is 1.84. The lowest BCUT2D eigenvalue weighted by Gasteiger charge is -2.32. The van der Waals surface area contributed by atoms with E-state index in [1.807, 2.05) is 6.92 Å². The van der Waals surface area contributed by atoms with Gasteiger partial charge < -0.3 is 9.64 Å². The largest absolute Gasteiger partial charge is 0.375 e. The number of amides is 1. The van der Waals surface area contributed by atoms with Gasteiger partial charge in [0.2, 0.25) is 15.9 Å². The van der Waals surface area contributed by atoms with Crippen molar-refractivity contribution in [2.45, 2.75) is 58.1 Å². The second-order valence-corrected chi connectivity index (χ2v) is 8.33. The highest BCUT2D eigenvalue weighted by atomic mass is 32.2. The van der Waals surface area contributed by atoms with E-state index >= 15 is 0 Å². The van der Waals surface area contributed by atoms with Crippen LogP contribution < -0.4 is 4.72 Å². The Hall–Kier alpha value is -0.660. The number of morpholine rings is 1. The molecule has 1 amide bonds. The molecule has 6 nitrogen and oxygen atoms in total. The fraction of sp³-hybridized carbons (Fsp3) is 0.933. The van der Waals surface area contributed by atoms with Gasteiger partial charge in [0.1, 0.15) is 5.75 Å². The molecule has 128 valence electrons. The lowest BCUT2D eigenvalue weighted by Crippen LogP contribution is -2.49. The molecule has 1 saturated heterocycles. The summed E-state index contributed by atoms with van der Waals surface area (Å²) in [6, 6.07) is -0.0120. The highest BCUT2D eigenvalue weighted by Gasteiger charge is 2.29. The third-order valence-electron chi connectivity index (χ3n) is 4.62. The fourth-order valence-electron chi connectivity index (χ4n) is 3.12. The molecule has 0 aromatic heterocycles. The van der Waals surface area contributed by atoms with Crippen molar-refractivity contribution in [1.82, 2.24) is 9.62 Å². The van der Waals surface area contributed by atoms with Crippen molar-refractivity contribution in [1.29, 1.82) is 0 Å². The number of rotatable bonds is 5. The van der Waals surface area contributed by atoms with Gasteiger partial charge in [-0.05, 0) is 38.0 Å². The van der Waals surface area contributed by atoms with E-state index in [1.165, 1.54) is 0 Å². The van der Waals surface area contributed by atoms with Crippen LogP contribution in [0.5, 0.6) is 0 Å². The van der Waals surface area contributed by atoms with Crippen LogP contribution in [0.15, 0.2) is 0 Å². The van der Waals surface area contributed by atoms with E-state index in [0.29, 0.717) is 25.6 Å². The van der Waals surface area contributed by atoms with Gasteiger partial charge in [-0.15, -0.1) is 0 Å². The summed E-state index contributed by atoms with van der Waals surface area (Å²) in [6.45, 7) is 5.65. The average molecular weight is 332 g/mol. The van der Waals surface area contributed by atoms with Gasteiger partial charge in [0.05, 0.1) is 12.7 Å². The summed E-state index contributed by atoms with van der Waals surface area (Å²) in [4.78, 5) is 13.8. The van der Waals surface area contributed by atoms with Crippen molar-refractivity contribution < 1.29 is 17.9 Å². The number of carbonyl (C=O) groups excluding carboxylic acids is 1. The first-order chi connectivity index (χ1) is 10.4. The van der Waals surface area contributed by atoms with E-state index in [4.69, 9.17) is 4.74 Å². The Morgan fingerprint density at radius 2 is 1.95 bits per heavy atom. The molecule has 1 heterocycles. The second kappa shape index (κ2) is 7.75. The molecule has 2 aliphatic rings. The highest BCUT2D eigenvalue weighted by Crippen LogP contribution is 2.23. The number of hydrogen-bond donors (Lipinski definition) is 1. The molecule has 2 rings (SSSR count). The molecule has 1 N–H and O–H groups in total. The van der Waals surface area contributed by atoms with Crippen LogP contribution in [0.1, 0.15) is 46.0 Å². The maximum atomic E-state index is 12.2. The molecule has 7 heteroatoms. The van der Waals surface area contributed by atoms with Crippen LogP contribution in [0.25, 0.3) is 0 Å². The minimum Gasteiger partial charge on any atom is -0.375 e. The van der Waals surface area contributed by atoms with Crippen LogP contribution in [0, 0.1) is 5.92 Å². The summed E-state index contributed by atoms with van der Waals surface area (Å²) in [5.74, 6) is -0.102. The van der Waals surface area contributed by atoms with Crippen LogP contribution >= 0.6 is 0 Å². The zero-order chi connectivity index (χ0) is 16.2. The summed E-state index contributed by atoms with van der Waals surface area (Å²) in [5, 5.41) is 0. The number of nitrogens with one attached hydrogen (secondary N) is 1. The molecule has 1 atom stereocenters. The first kappa shape index (κ1) is 17.7. The predicted octanol–water partition coefficient (Wildman–Crippen LogP) is 1.12. The Morgan fingerprint density at radius 1 is 1.27 bits per heavy atom. The van der Waals surface area contributed by atoms with Gasteiger partial charge in [-0.1, -0.05) is 13.8 Å². The van der Waals surface area contributed by atoms with Gasteiger partial charge in [0.25, 0.3) is 0 Å². The number of ether oxygens (including phenoxy) is 1. The van der Waals surface area contributed by atoms with E-state index in [1.54, 1.807) is 4.90 Å². The van der Waals surface area contributed by atoms with E-state index in [2.05, 4.69) is 11.6 Å². The second-order valence-electron chi connectivity index (χ2n) is 6.57. The Morgan fingerprint density at radius 3 is 2.59 bits per heavy atom. The average Bonchev–Trinajstić information content (AvgIpc) is 2.49. The molecule has 1 unspecified atom stereocenters. The van der Waals surface area contributed by atoms with Gasteiger partial charge in [0, 0.05) is 19.1 Å². The molecule has 22 heavy (non-hydrogen) atoms. The maximum Gasteiger partial charge on any atom is 0.239 e. The maximum absolute atomic E-state index is 12.2. The van der Waals surface area contributed by atoms with Gasteiger partial charge in [0.15, 0.2) is 0 Å². The predicted molar refractivity (Wildman–Crippen MR) is 85.0 cm³/mol. The number of carbonyl (C=O) groups is 1. The zero-order valence-electron chi connectivity index (χ0n) is 13.6. The SMILES string of the molecule is CCC1CN(C(=O)CS(=O)(=O)NC2CCC(C)CC2)CCO1. The van der Waals surface area contributed by atoms with E-state index in [-0.39, 0.29) is 18.1 Å². The quantitative estimate of drug-likeness (QED) is 0.819. The highest BCUT2D eigenvalue weighted by molar-refractivity contribution is 7.90. The smallest absolute Gasteiger partial charge is 0.239 e. The van der Waals surface area contributed by atoms with Crippen molar-refractivity contribution in [3.8, 4) is 0 Å². The van der Waals surface area contributed by atoms with Crippen LogP contribution in [0.4, 0.5) is 0 Å². The fourth-order valence-corrected chi connectivity index (χ4v) is 4.45. The standard InChI is InChI=1S/C15H28N2O4S/c1-3-14-10-17(8-9-21-14)15(18)11-22(19,20)16-13-6-4-12(2)5-7-13/h12-14,16H,3-11H2,1-2H3. The number of hydrogen-bond acceptors (Lipinski definition) is 4. The van der Waals surface area contributed by atoms with Gasteiger partial charge >= 0.3 is 0 Å². The van der Waals surface area contributed by atoms with Crippen molar-refractivity contribution in [3.63, 3.8) is 0 Å². The third-order valence-corrected chi connectivity index (χ3v) is 5.94. The molecule has 0 aromatic rings. The van der Waals surface area contributed by atoms with Crippen LogP contribution in [0.3, 0.4) is 0 Å². The van der Waals surface area contributed by atoms with Crippen molar-refractivity contribution >= 4 is 15.9 Å². The molecule has 1 aliphatic carbocycles. The van der Waals surface area contributed by atoms with Gasteiger partial charge in [-0.3, -0.25) is 4.79 Å². The topological polar surface area (TPSA) is 75.7 Å². The number of sulfonamides is 1. The Labute approximate surface area is 133 Å². The molecule has 2 fully saturated rings. The molecular formula is C15H28N2O4S. The third kappa shape index (κ3) is 5.21. The summed E-state index contributed by atoms with van der Waals surface area (Å²) in [7, 11) is -3.55. The summed E-state index contributed by atoms with van der Waals surface area (Å²) in [6.07, 6.45) is 4.67. The lowest BCUT2D eigenvalue weighted by molar-refractivity contribution is -0.136.